The minimum Gasteiger partial charge on any atom is -0.467 e. The summed E-state index contributed by atoms with van der Waals surface area (Å²) in [6.07, 6.45) is 4.93. The fourth-order valence-corrected chi connectivity index (χ4v) is 5.74. The van der Waals surface area contributed by atoms with E-state index in [2.05, 4.69) is 31.2 Å². The highest BCUT2D eigenvalue weighted by Crippen LogP contribution is 2.34. The van der Waals surface area contributed by atoms with Crippen molar-refractivity contribution >= 4 is 17.5 Å². The van der Waals surface area contributed by atoms with Crippen LogP contribution >= 0.6 is 0 Å². The molecule has 2 atom stereocenters. The average molecular weight is 497 g/mol. The Hall–Kier alpha value is -3.71. The Morgan fingerprint density at radius 2 is 1.70 bits per heavy atom. The number of rotatable bonds is 5. The number of furan rings is 1. The van der Waals surface area contributed by atoms with Crippen molar-refractivity contribution in [2.75, 3.05) is 19.6 Å². The first kappa shape index (κ1) is 23.7. The van der Waals surface area contributed by atoms with Gasteiger partial charge in [0.1, 0.15) is 11.8 Å². The molecule has 0 aliphatic carbocycles. The van der Waals surface area contributed by atoms with E-state index in [9.17, 15) is 9.59 Å². The molecule has 3 aliphatic heterocycles. The van der Waals surface area contributed by atoms with E-state index in [4.69, 9.17) is 9.52 Å². The molecule has 7 heteroatoms. The van der Waals surface area contributed by atoms with Gasteiger partial charge in [-0.05, 0) is 55.0 Å². The molecule has 7 nitrogen and oxygen atoms in total. The molecule has 1 saturated heterocycles. The monoisotopic (exact) mass is 496 g/mol. The summed E-state index contributed by atoms with van der Waals surface area (Å²) in [7, 11) is 0. The maximum atomic E-state index is 13.9. The number of amides is 2. The number of fused-ring (bicyclic) bond motifs is 1. The largest absolute Gasteiger partial charge is 0.467 e. The van der Waals surface area contributed by atoms with Gasteiger partial charge in [-0.3, -0.25) is 14.5 Å². The fraction of sp³-hybridized carbons (Fsp3) is 0.367. The van der Waals surface area contributed by atoms with Crippen LogP contribution in [0.15, 0.2) is 76.4 Å². The molecule has 1 aromatic heterocycles. The van der Waals surface area contributed by atoms with Crippen molar-refractivity contribution in [1.29, 1.82) is 0 Å². The molecular formula is C30H32N4O3. The molecule has 6 rings (SSSR count). The van der Waals surface area contributed by atoms with Crippen LogP contribution in [0.25, 0.3) is 0 Å². The molecule has 2 aromatic carbocycles. The Kier molecular flexibility index (Phi) is 6.38. The molecule has 37 heavy (non-hydrogen) atoms. The SMILES string of the molecule is Cc1ccc(C2=NN(C(=O)CN3Cc4ccccc4C[C@H]3C(=O)N3CCCC3)[C@@H](c3ccco3)C2)cc1. The summed E-state index contributed by atoms with van der Waals surface area (Å²) in [5.74, 6) is 0.725. The summed E-state index contributed by atoms with van der Waals surface area (Å²) in [5.41, 5.74) is 5.42. The quantitative estimate of drug-likeness (QED) is 0.528. The second kappa shape index (κ2) is 9.98. The number of hydrogen-bond acceptors (Lipinski definition) is 5. The predicted molar refractivity (Wildman–Crippen MR) is 141 cm³/mol. The molecule has 0 spiro atoms. The third-order valence-corrected chi connectivity index (χ3v) is 7.81. The van der Waals surface area contributed by atoms with Crippen molar-refractivity contribution in [1.82, 2.24) is 14.8 Å². The first-order valence-corrected chi connectivity index (χ1v) is 13.2. The van der Waals surface area contributed by atoms with E-state index in [1.54, 1.807) is 11.3 Å². The van der Waals surface area contributed by atoms with Crippen LogP contribution in [-0.2, 0) is 22.6 Å². The second-order valence-corrected chi connectivity index (χ2v) is 10.3. The standard InChI is InChI=1S/C30H32N4O3/c1-21-10-12-22(13-11-21)25-18-26(28-9-6-16-37-28)34(31-25)29(35)20-33-19-24-8-3-2-7-23(24)17-27(33)30(36)32-14-4-5-15-32/h2-3,6-13,16,26-27H,4-5,14-15,17-20H2,1H3/t26-,27+/m1/s1. The minimum atomic E-state index is -0.345. The zero-order valence-corrected chi connectivity index (χ0v) is 21.2. The van der Waals surface area contributed by atoms with Crippen molar-refractivity contribution in [3.8, 4) is 0 Å². The van der Waals surface area contributed by atoms with E-state index in [-0.39, 0.29) is 30.4 Å². The lowest BCUT2D eigenvalue weighted by Gasteiger charge is -2.38. The average Bonchev–Trinajstić information content (AvgIpc) is 3.70. The molecule has 0 bridgehead atoms. The highest BCUT2D eigenvalue weighted by molar-refractivity contribution is 6.03. The fourth-order valence-electron chi connectivity index (χ4n) is 5.74. The predicted octanol–water partition coefficient (Wildman–Crippen LogP) is 4.32. The summed E-state index contributed by atoms with van der Waals surface area (Å²) in [5, 5.41) is 6.38. The van der Waals surface area contributed by atoms with Crippen LogP contribution in [0.4, 0.5) is 0 Å². The van der Waals surface area contributed by atoms with E-state index in [0.29, 0.717) is 25.1 Å². The number of nitrogens with zero attached hydrogens (tertiary/aromatic N) is 4. The number of aryl methyl sites for hydroxylation is 1. The van der Waals surface area contributed by atoms with Crippen molar-refractivity contribution in [3.05, 3.63) is 94.9 Å². The zero-order chi connectivity index (χ0) is 25.4. The maximum Gasteiger partial charge on any atom is 0.257 e. The molecule has 190 valence electrons. The number of benzene rings is 2. The first-order valence-electron chi connectivity index (χ1n) is 13.2. The van der Waals surface area contributed by atoms with Gasteiger partial charge in [0.25, 0.3) is 5.91 Å². The molecule has 0 unspecified atom stereocenters. The molecule has 0 radical (unpaired) electrons. The summed E-state index contributed by atoms with van der Waals surface area (Å²) < 4.78 is 5.72. The third kappa shape index (κ3) is 4.71. The Morgan fingerprint density at radius 1 is 0.946 bits per heavy atom. The summed E-state index contributed by atoms with van der Waals surface area (Å²) >= 11 is 0. The van der Waals surface area contributed by atoms with Crippen LogP contribution in [0.5, 0.6) is 0 Å². The summed E-state index contributed by atoms with van der Waals surface area (Å²) in [6, 6.07) is 19.6. The van der Waals surface area contributed by atoms with Crippen molar-refractivity contribution in [2.24, 2.45) is 5.10 Å². The van der Waals surface area contributed by atoms with E-state index >= 15 is 0 Å². The number of carbonyl (C=O) groups is 2. The number of likely N-dealkylation sites (tertiary alicyclic amines) is 1. The van der Waals surface area contributed by atoms with Gasteiger partial charge in [-0.15, -0.1) is 0 Å². The van der Waals surface area contributed by atoms with Crippen LogP contribution in [0.1, 0.15) is 53.3 Å². The van der Waals surface area contributed by atoms with E-state index in [0.717, 1.165) is 37.2 Å². The second-order valence-electron chi connectivity index (χ2n) is 10.3. The first-order chi connectivity index (χ1) is 18.1. The lowest BCUT2D eigenvalue weighted by atomic mass is 9.93. The Bertz CT molecular complexity index is 1310. The van der Waals surface area contributed by atoms with Crippen LogP contribution in [-0.4, -0.2) is 58.0 Å². The molecular weight excluding hydrogens is 464 g/mol. The topological polar surface area (TPSA) is 69.4 Å². The van der Waals surface area contributed by atoms with Gasteiger partial charge >= 0.3 is 0 Å². The van der Waals surface area contributed by atoms with E-state index in [1.165, 1.54) is 16.7 Å². The zero-order valence-electron chi connectivity index (χ0n) is 21.2. The van der Waals surface area contributed by atoms with Gasteiger partial charge in [0.15, 0.2) is 0 Å². The third-order valence-electron chi connectivity index (χ3n) is 7.81. The van der Waals surface area contributed by atoms with Gasteiger partial charge in [-0.2, -0.15) is 5.10 Å². The number of carbonyl (C=O) groups excluding carboxylic acids is 2. The van der Waals surface area contributed by atoms with Gasteiger partial charge in [0.05, 0.1) is 24.6 Å². The van der Waals surface area contributed by atoms with Gasteiger partial charge < -0.3 is 9.32 Å². The lowest BCUT2D eigenvalue weighted by Crippen LogP contribution is -2.53. The van der Waals surface area contributed by atoms with Crippen molar-refractivity contribution < 1.29 is 14.0 Å². The molecule has 2 amide bonds. The number of hydrazone groups is 1. The molecule has 3 aliphatic rings. The van der Waals surface area contributed by atoms with Gasteiger partial charge in [0, 0.05) is 26.1 Å². The van der Waals surface area contributed by atoms with Crippen LogP contribution < -0.4 is 0 Å². The van der Waals surface area contributed by atoms with Gasteiger partial charge in [0.2, 0.25) is 5.91 Å². The van der Waals surface area contributed by atoms with Crippen LogP contribution in [0, 0.1) is 6.92 Å². The molecule has 4 heterocycles. The molecule has 3 aromatic rings. The normalized spacial score (nSPS) is 21.7. The van der Waals surface area contributed by atoms with Crippen molar-refractivity contribution in [2.45, 2.75) is 51.2 Å². The Balaban J connectivity index is 1.28. The summed E-state index contributed by atoms with van der Waals surface area (Å²) in [6.45, 7) is 4.35. The van der Waals surface area contributed by atoms with Gasteiger partial charge in [-0.25, -0.2) is 5.01 Å². The highest BCUT2D eigenvalue weighted by Gasteiger charge is 2.39. The Labute approximate surface area is 217 Å². The number of hydrogen-bond donors (Lipinski definition) is 0. The highest BCUT2D eigenvalue weighted by atomic mass is 16.3. The van der Waals surface area contributed by atoms with Gasteiger partial charge in [-0.1, -0.05) is 54.1 Å². The van der Waals surface area contributed by atoms with E-state index in [1.807, 2.05) is 46.2 Å². The Morgan fingerprint density at radius 3 is 2.43 bits per heavy atom. The molecule has 0 saturated carbocycles. The maximum absolute atomic E-state index is 13.9. The van der Waals surface area contributed by atoms with Crippen LogP contribution in [0.2, 0.25) is 0 Å². The summed E-state index contributed by atoms with van der Waals surface area (Å²) in [4.78, 5) is 31.4. The molecule has 1 fully saturated rings. The molecule has 0 N–H and O–H groups in total. The van der Waals surface area contributed by atoms with Crippen LogP contribution in [0.3, 0.4) is 0 Å². The smallest absolute Gasteiger partial charge is 0.257 e. The van der Waals surface area contributed by atoms with E-state index < -0.39 is 0 Å². The van der Waals surface area contributed by atoms with Crippen molar-refractivity contribution in [3.63, 3.8) is 0 Å². The minimum absolute atomic E-state index is 0.123. The lowest BCUT2D eigenvalue weighted by molar-refractivity contribution is -0.141.